The van der Waals surface area contributed by atoms with Gasteiger partial charge in [-0.3, -0.25) is 0 Å². The summed E-state index contributed by atoms with van der Waals surface area (Å²) < 4.78 is 22.5. The molecule has 0 amide bonds. The number of hydrogen-bond acceptors (Lipinski definition) is 3. The smallest absolute Gasteiger partial charge is 0.277 e. The molecule has 1 aromatic carbocycles. The van der Waals surface area contributed by atoms with E-state index >= 15 is 0 Å². The maximum Gasteiger partial charge on any atom is 0.277 e. The minimum atomic E-state index is -2.67. The number of quaternary nitrogens is 1. The van der Waals surface area contributed by atoms with E-state index in [1.54, 1.807) is 6.92 Å². The van der Waals surface area contributed by atoms with E-state index in [9.17, 15) is 13.6 Å². The van der Waals surface area contributed by atoms with Crippen LogP contribution >= 0.6 is 46.4 Å². The average molecular weight is 401 g/mol. The van der Waals surface area contributed by atoms with Gasteiger partial charge >= 0.3 is 0 Å². The molecule has 118 valence electrons. The molecule has 0 saturated carbocycles. The molecule has 9 heteroatoms. The van der Waals surface area contributed by atoms with Crippen LogP contribution in [-0.4, -0.2) is 13.4 Å². The Balaban J connectivity index is 2.59. The van der Waals surface area contributed by atoms with Gasteiger partial charge in [-0.1, -0.05) is 46.4 Å². The van der Waals surface area contributed by atoms with E-state index in [1.165, 1.54) is 18.4 Å². The first-order chi connectivity index (χ1) is 10.3. The van der Waals surface area contributed by atoms with E-state index in [0.29, 0.717) is 11.1 Å². The number of hydroxylamine groups is 2. The Morgan fingerprint density at radius 2 is 1.64 bits per heavy atom. The lowest BCUT2D eigenvalue weighted by molar-refractivity contribution is -0.680. The van der Waals surface area contributed by atoms with E-state index in [-0.39, 0.29) is 37.1 Å². The molecule has 4 nitrogen and oxygen atoms in total. The van der Waals surface area contributed by atoms with Crippen molar-refractivity contribution in [3.05, 3.63) is 60.3 Å². The van der Waals surface area contributed by atoms with Crippen molar-refractivity contribution < 1.29 is 13.5 Å². The van der Waals surface area contributed by atoms with Crippen molar-refractivity contribution in [1.29, 1.82) is 0 Å². The number of allylic oxidation sites excluding steroid dienone is 2. The maximum atomic E-state index is 11.7. The third-order valence-electron chi connectivity index (χ3n) is 3.17. The average Bonchev–Trinajstić information content (AvgIpc) is 2.47. The molecule has 0 saturated heterocycles. The van der Waals surface area contributed by atoms with Crippen molar-refractivity contribution in [3.8, 4) is 0 Å². The van der Waals surface area contributed by atoms with Gasteiger partial charge in [0, 0.05) is 12.0 Å². The number of hydrogen-bond donors (Lipinski definition) is 1. The fraction of sp³-hybridized carbons (Fsp3) is 0.154. The lowest BCUT2D eigenvalue weighted by Gasteiger charge is -2.22. The molecule has 2 rings (SSSR count). The van der Waals surface area contributed by atoms with Crippen LogP contribution < -0.4 is 5.06 Å². The summed E-state index contributed by atoms with van der Waals surface area (Å²) in [5.41, 5.74) is 1.19. The molecule has 0 radical (unpaired) electrons. The molecular formula is C13H9Cl4NO3S. The molecule has 1 aliphatic heterocycles. The van der Waals surface area contributed by atoms with Crippen LogP contribution in [-0.2, 0) is 16.7 Å². The van der Waals surface area contributed by atoms with Gasteiger partial charge in [-0.15, -0.1) is 0 Å². The monoisotopic (exact) mass is 399 g/mol. The van der Waals surface area contributed by atoms with Gasteiger partial charge in [0.1, 0.15) is 6.20 Å². The van der Waals surface area contributed by atoms with Crippen LogP contribution in [0.25, 0.3) is 0 Å². The lowest BCUT2D eigenvalue weighted by atomic mass is 10.0. The predicted molar refractivity (Wildman–Crippen MR) is 90.4 cm³/mol. The van der Waals surface area contributed by atoms with E-state index in [4.69, 9.17) is 46.4 Å². The Morgan fingerprint density at radius 3 is 2.14 bits per heavy atom. The number of halogens is 4. The van der Waals surface area contributed by atoms with Crippen LogP contribution in [0.4, 0.5) is 0 Å². The molecule has 0 fully saturated rings. The molecule has 1 N–H and O–H groups in total. The van der Waals surface area contributed by atoms with Crippen molar-refractivity contribution in [2.75, 3.05) is 0 Å². The molecule has 0 aliphatic carbocycles. The molecule has 1 aromatic rings. The van der Waals surface area contributed by atoms with Gasteiger partial charge in [0.25, 0.3) is 15.3 Å². The van der Waals surface area contributed by atoms with E-state index in [1.807, 2.05) is 0 Å². The van der Waals surface area contributed by atoms with Gasteiger partial charge in [0.05, 0.1) is 20.1 Å². The highest BCUT2D eigenvalue weighted by Gasteiger charge is 2.24. The largest absolute Gasteiger partial charge is 0.623 e. The summed E-state index contributed by atoms with van der Waals surface area (Å²) in [6.07, 6.45) is 4.18. The molecular weight excluding hydrogens is 392 g/mol. The van der Waals surface area contributed by atoms with Gasteiger partial charge in [-0.2, -0.15) is 8.42 Å². The van der Waals surface area contributed by atoms with Crippen LogP contribution in [0.1, 0.15) is 11.1 Å². The maximum absolute atomic E-state index is 11.7. The van der Waals surface area contributed by atoms with Gasteiger partial charge in [0.2, 0.25) is 0 Å². The highest BCUT2D eigenvalue weighted by atomic mass is 35.5. The van der Waals surface area contributed by atoms with Crippen LogP contribution in [0.3, 0.4) is 0 Å². The van der Waals surface area contributed by atoms with Crippen LogP contribution in [0, 0.1) is 12.1 Å². The van der Waals surface area contributed by atoms with Gasteiger partial charge in [-0.05, 0) is 30.2 Å². The van der Waals surface area contributed by atoms with E-state index in [0.717, 1.165) is 0 Å². The van der Waals surface area contributed by atoms with Crippen LogP contribution in [0.2, 0.25) is 20.1 Å². The molecule has 1 heterocycles. The Bertz CT molecular complexity index is 806. The standard InChI is InChI=1S/C13H9Cl4NO3S/c1-6-9(14)11(16)8(12(17)10(6)15)5-7-3-2-4-18(19)13(7)22(20)21/h2-4,18H,5H2,1H3. The van der Waals surface area contributed by atoms with Crippen molar-refractivity contribution in [2.45, 2.75) is 13.3 Å². The molecule has 22 heavy (non-hydrogen) atoms. The van der Waals surface area contributed by atoms with Gasteiger partial charge in [-0.25, -0.2) is 0 Å². The zero-order valence-electron chi connectivity index (χ0n) is 11.1. The third-order valence-corrected chi connectivity index (χ3v) is 5.94. The zero-order valence-corrected chi connectivity index (χ0v) is 14.9. The first-order valence-corrected chi connectivity index (χ1v) is 8.54. The highest BCUT2D eigenvalue weighted by Crippen LogP contribution is 2.41. The summed E-state index contributed by atoms with van der Waals surface area (Å²) in [7, 11) is -2.67. The Labute approximate surface area is 148 Å². The summed E-state index contributed by atoms with van der Waals surface area (Å²) >= 11 is 24.6. The molecule has 1 aliphatic rings. The SMILES string of the molecule is Cc1c(Cl)c(Cl)c(CC2=CC=C[NH+]([O-])C2=S(=O)=O)c(Cl)c1Cl. The van der Waals surface area contributed by atoms with Crippen molar-refractivity contribution in [1.82, 2.24) is 0 Å². The van der Waals surface area contributed by atoms with Crippen LogP contribution in [0.5, 0.6) is 0 Å². The molecule has 0 aromatic heterocycles. The second-order valence-electron chi connectivity index (χ2n) is 4.52. The summed E-state index contributed by atoms with van der Waals surface area (Å²) in [5, 5.41) is 12.0. The van der Waals surface area contributed by atoms with Gasteiger partial charge in [0.15, 0.2) is 0 Å². The summed E-state index contributed by atoms with van der Waals surface area (Å²) in [6.45, 7) is 1.67. The zero-order chi connectivity index (χ0) is 16.6. The Kier molecular flexibility index (Phi) is 5.61. The Morgan fingerprint density at radius 1 is 1.09 bits per heavy atom. The second-order valence-corrected chi connectivity index (χ2v) is 6.90. The third kappa shape index (κ3) is 3.21. The van der Waals surface area contributed by atoms with E-state index < -0.39 is 15.4 Å². The minimum absolute atomic E-state index is 0.0246. The quantitative estimate of drug-likeness (QED) is 0.471. The topological polar surface area (TPSA) is 61.6 Å². The molecule has 1 unspecified atom stereocenters. The molecule has 0 spiro atoms. The fourth-order valence-corrected chi connectivity index (χ4v) is 3.73. The number of rotatable bonds is 2. The van der Waals surface area contributed by atoms with E-state index in [2.05, 4.69) is 0 Å². The number of nitrogens with one attached hydrogen (secondary N) is 1. The summed E-state index contributed by atoms with van der Waals surface area (Å²) in [5.74, 6) is 0. The van der Waals surface area contributed by atoms with Gasteiger partial charge < -0.3 is 10.3 Å². The van der Waals surface area contributed by atoms with Crippen LogP contribution in [0.15, 0.2) is 23.9 Å². The highest BCUT2D eigenvalue weighted by molar-refractivity contribution is 7.72. The first-order valence-electron chi connectivity index (χ1n) is 5.95. The van der Waals surface area contributed by atoms with Crippen molar-refractivity contribution in [2.24, 2.45) is 0 Å². The predicted octanol–water partition coefficient (Wildman–Crippen LogP) is 3.00. The lowest BCUT2D eigenvalue weighted by Crippen LogP contribution is -3.06. The summed E-state index contributed by atoms with van der Waals surface area (Å²) in [4.78, 5) is -0.317. The second kappa shape index (κ2) is 6.93. The molecule has 0 bridgehead atoms. The Hall–Kier alpha value is -0.530. The number of benzene rings is 1. The fourth-order valence-electron chi connectivity index (χ4n) is 2.02. The first kappa shape index (κ1) is 17.8. The molecule has 1 atom stereocenters. The van der Waals surface area contributed by atoms with Crippen molar-refractivity contribution >= 4 is 61.7 Å². The summed E-state index contributed by atoms with van der Waals surface area (Å²) in [6, 6.07) is 0. The minimum Gasteiger partial charge on any atom is -0.623 e. The normalized spacial score (nSPS) is 17.6. The van der Waals surface area contributed by atoms with Crippen molar-refractivity contribution in [3.63, 3.8) is 0 Å².